The van der Waals surface area contributed by atoms with Gasteiger partial charge in [-0.1, -0.05) is 18.2 Å². The number of likely N-dealkylation sites (N-methyl/N-ethyl adjacent to an activating group) is 1. The summed E-state index contributed by atoms with van der Waals surface area (Å²) in [6.07, 6.45) is 0. The fraction of sp³-hybridized carbons (Fsp3) is 0.333. The highest BCUT2D eigenvalue weighted by Gasteiger charge is 2.26. The molecule has 1 aromatic rings. The van der Waals surface area contributed by atoms with E-state index in [-0.39, 0.29) is 6.61 Å². The molecular formula is C12H16N2O3. The van der Waals surface area contributed by atoms with Gasteiger partial charge in [0.2, 0.25) is 0 Å². The van der Waals surface area contributed by atoms with Crippen molar-refractivity contribution in [1.82, 2.24) is 0 Å². The maximum Gasteiger partial charge on any atom is 0.332 e. The van der Waals surface area contributed by atoms with E-state index in [0.29, 0.717) is 5.69 Å². The van der Waals surface area contributed by atoms with Crippen molar-refractivity contribution >= 4 is 17.6 Å². The number of esters is 1. The Morgan fingerprint density at radius 1 is 1.35 bits per heavy atom. The standard InChI is InChI=1S/C12H16N2O3/c1-3-17-12(16)10(13)11(15)14(2)9-7-5-4-6-8-9/h4-8,10H,3,13H2,1-2H3. The average molecular weight is 236 g/mol. The summed E-state index contributed by atoms with van der Waals surface area (Å²) >= 11 is 0. The van der Waals surface area contributed by atoms with Gasteiger partial charge in [0, 0.05) is 12.7 Å². The molecule has 5 nitrogen and oxygen atoms in total. The molecule has 1 atom stereocenters. The molecule has 0 radical (unpaired) electrons. The van der Waals surface area contributed by atoms with Gasteiger partial charge in [-0.25, -0.2) is 4.79 Å². The molecule has 0 saturated heterocycles. The highest BCUT2D eigenvalue weighted by atomic mass is 16.5. The normalized spacial score (nSPS) is 11.7. The van der Waals surface area contributed by atoms with E-state index in [9.17, 15) is 9.59 Å². The molecule has 2 N–H and O–H groups in total. The summed E-state index contributed by atoms with van der Waals surface area (Å²) in [6, 6.07) is 7.68. The van der Waals surface area contributed by atoms with Crippen molar-refractivity contribution in [3.05, 3.63) is 30.3 Å². The van der Waals surface area contributed by atoms with Crippen molar-refractivity contribution in [2.24, 2.45) is 5.73 Å². The molecule has 5 heteroatoms. The third kappa shape index (κ3) is 3.29. The van der Waals surface area contributed by atoms with Crippen LogP contribution >= 0.6 is 0 Å². The minimum atomic E-state index is -1.28. The Morgan fingerprint density at radius 2 is 1.94 bits per heavy atom. The summed E-state index contributed by atoms with van der Waals surface area (Å²) in [7, 11) is 1.57. The van der Waals surface area contributed by atoms with Crippen molar-refractivity contribution in [2.75, 3.05) is 18.6 Å². The first kappa shape index (κ1) is 13.2. The Kier molecular flexibility index (Phi) is 4.66. The van der Waals surface area contributed by atoms with Gasteiger partial charge in [-0.2, -0.15) is 0 Å². The van der Waals surface area contributed by atoms with Gasteiger partial charge in [0.1, 0.15) is 0 Å². The first-order valence-electron chi connectivity index (χ1n) is 5.32. The minimum Gasteiger partial charge on any atom is -0.464 e. The van der Waals surface area contributed by atoms with Gasteiger partial charge in [-0.05, 0) is 19.1 Å². The van der Waals surface area contributed by atoms with Crippen molar-refractivity contribution in [1.29, 1.82) is 0 Å². The van der Waals surface area contributed by atoms with Crippen molar-refractivity contribution in [3.8, 4) is 0 Å². The molecule has 0 saturated carbocycles. The second-order valence-corrected chi connectivity index (χ2v) is 3.46. The van der Waals surface area contributed by atoms with E-state index in [1.807, 2.05) is 6.07 Å². The van der Waals surface area contributed by atoms with E-state index < -0.39 is 17.9 Å². The molecule has 0 heterocycles. The van der Waals surface area contributed by atoms with Crippen LogP contribution in [0.15, 0.2) is 30.3 Å². The number of carbonyl (C=O) groups excluding carboxylic acids is 2. The second-order valence-electron chi connectivity index (χ2n) is 3.46. The van der Waals surface area contributed by atoms with Crippen LogP contribution in [0.1, 0.15) is 6.92 Å². The van der Waals surface area contributed by atoms with Crippen LogP contribution in [0, 0.1) is 0 Å². The SMILES string of the molecule is CCOC(=O)C(N)C(=O)N(C)c1ccccc1. The molecule has 0 fully saturated rings. The molecule has 1 aromatic carbocycles. The number of benzene rings is 1. The van der Waals surface area contributed by atoms with Gasteiger partial charge in [-0.15, -0.1) is 0 Å². The van der Waals surface area contributed by atoms with Crippen molar-refractivity contribution in [2.45, 2.75) is 13.0 Å². The Labute approximate surface area is 100 Å². The summed E-state index contributed by atoms with van der Waals surface area (Å²) in [5.74, 6) is -1.20. The van der Waals surface area contributed by atoms with E-state index in [0.717, 1.165) is 0 Å². The summed E-state index contributed by atoms with van der Waals surface area (Å²) < 4.78 is 4.70. The molecule has 1 amide bonds. The number of rotatable bonds is 4. The van der Waals surface area contributed by atoms with Crippen LogP contribution in [0.5, 0.6) is 0 Å². The highest BCUT2D eigenvalue weighted by Crippen LogP contribution is 2.11. The van der Waals surface area contributed by atoms with Gasteiger partial charge < -0.3 is 15.4 Å². The lowest BCUT2D eigenvalue weighted by molar-refractivity contribution is -0.147. The number of carbonyl (C=O) groups is 2. The number of para-hydroxylation sites is 1. The molecule has 0 aliphatic rings. The fourth-order valence-electron chi connectivity index (χ4n) is 1.32. The van der Waals surface area contributed by atoms with E-state index in [1.54, 1.807) is 38.2 Å². The van der Waals surface area contributed by atoms with Gasteiger partial charge in [0.15, 0.2) is 6.04 Å². The molecule has 0 aromatic heterocycles. The third-order valence-electron chi connectivity index (χ3n) is 2.28. The number of hydrogen-bond acceptors (Lipinski definition) is 4. The molecular weight excluding hydrogens is 220 g/mol. The molecule has 92 valence electrons. The quantitative estimate of drug-likeness (QED) is 0.611. The fourth-order valence-corrected chi connectivity index (χ4v) is 1.32. The lowest BCUT2D eigenvalue weighted by atomic mass is 10.2. The Balaban J connectivity index is 2.73. The number of nitrogens with two attached hydrogens (primary N) is 1. The zero-order valence-electron chi connectivity index (χ0n) is 9.92. The summed E-state index contributed by atoms with van der Waals surface area (Å²) in [6.45, 7) is 1.87. The van der Waals surface area contributed by atoms with Gasteiger partial charge in [0.05, 0.1) is 6.61 Å². The van der Waals surface area contributed by atoms with E-state index in [1.165, 1.54) is 4.90 Å². The molecule has 0 aliphatic heterocycles. The van der Waals surface area contributed by atoms with Crippen LogP contribution in [-0.2, 0) is 14.3 Å². The Bertz CT molecular complexity index is 392. The summed E-state index contributed by atoms with van der Waals surface area (Å²) in [5, 5.41) is 0. The summed E-state index contributed by atoms with van der Waals surface area (Å²) in [4.78, 5) is 24.5. The van der Waals surface area contributed by atoms with Crippen LogP contribution in [0.2, 0.25) is 0 Å². The van der Waals surface area contributed by atoms with Crippen LogP contribution in [0.4, 0.5) is 5.69 Å². The molecule has 1 unspecified atom stereocenters. The van der Waals surface area contributed by atoms with Gasteiger partial charge in [0.25, 0.3) is 5.91 Å². The lowest BCUT2D eigenvalue weighted by Crippen LogP contribution is -2.47. The first-order valence-corrected chi connectivity index (χ1v) is 5.32. The molecule has 1 rings (SSSR count). The average Bonchev–Trinajstić information content (AvgIpc) is 2.37. The predicted molar refractivity (Wildman–Crippen MR) is 64.5 cm³/mol. The third-order valence-corrected chi connectivity index (χ3v) is 2.28. The van der Waals surface area contributed by atoms with Crippen LogP contribution in [-0.4, -0.2) is 31.6 Å². The van der Waals surface area contributed by atoms with Crippen LogP contribution in [0.3, 0.4) is 0 Å². The number of anilines is 1. The van der Waals surface area contributed by atoms with Crippen LogP contribution < -0.4 is 10.6 Å². The Morgan fingerprint density at radius 3 is 2.47 bits per heavy atom. The smallest absolute Gasteiger partial charge is 0.332 e. The lowest BCUT2D eigenvalue weighted by Gasteiger charge is -2.20. The van der Waals surface area contributed by atoms with Gasteiger partial charge >= 0.3 is 5.97 Å². The number of amides is 1. The van der Waals surface area contributed by atoms with E-state index in [4.69, 9.17) is 10.5 Å². The van der Waals surface area contributed by atoms with Crippen molar-refractivity contribution in [3.63, 3.8) is 0 Å². The molecule has 0 bridgehead atoms. The molecule has 0 aliphatic carbocycles. The first-order chi connectivity index (χ1) is 8.07. The zero-order valence-corrected chi connectivity index (χ0v) is 9.92. The highest BCUT2D eigenvalue weighted by molar-refractivity contribution is 6.09. The monoisotopic (exact) mass is 236 g/mol. The minimum absolute atomic E-state index is 0.203. The maximum atomic E-state index is 11.9. The van der Waals surface area contributed by atoms with Crippen LogP contribution in [0.25, 0.3) is 0 Å². The van der Waals surface area contributed by atoms with E-state index >= 15 is 0 Å². The number of nitrogens with zero attached hydrogens (tertiary/aromatic N) is 1. The van der Waals surface area contributed by atoms with Crippen molar-refractivity contribution < 1.29 is 14.3 Å². The second kappa shape index (κ2) is 6.00. The largest absolute Gasteiger partial charge is 0.464 e. The number of ether oxygens (including phenoxy) is 1. The predicted octanol–water partition coefficient (Wildman–Crippen LogP) is 0.540. The summed E-state index contributed by atoms with van der Waals surface area (Å²) in [5.41, 5.74) is 6.20. The number of hydrogen-bond donors (Lipinski definition) is 1. The van der Waals surface area contributed by atoms with Gasteiger partial charge in [-0.3, -0.25) is 4.79 Å². The molecule has 17 heavy (non-hydrogen) atoms. The Hall–Kier alpha value is -1.88. The maximum absolute atomic E-state index is 11.9. The topological polar surface area (TPSA) is 72.6 Å². The van der Waals surface area contributed by atoms with E-state index in [2.05, 4.69) is 0 Å². The zero-order chi connectivity index (χ0) is 12.8. The molecule has 0 spiro atoms.